The summed E-state index contributed by atoms with van der Waals surface area (Å²) in [5, 5.41) is 0. The molecule has 0 aliphatic carbocycles. The second kappa shape index (κ2) is 5.21. The van der Waals surface area contributed by atoms with Crippen LogP contribution in [0, 0.1) is 23.4 Å². The van der Waals surface area contributed by atoms with Crippen LogP contribution in [0.15, 0.2) is 12.1 Å². The van der Waals surface area contributed by atoms with E-state index in [9.17, 15) is 18.0 Å². The predicted molar refractivity (Wildman–Crippen MR) is 64.0 cm³/mol. The van der Waals surface area contributed by atoms with Crippen molar-refractivity contribution in [3.63, 3.8) is 0 Å². The first-order chi connectivity index (χ1) is 8.90. The molecule has 2 unspecified atom stereocenters. The minimum absolute atomic E-state index is 0.0827. The van der Waals surface area contributed by atoms with Crippen molar-refractivity contribution in [3.8, 4) is 0 Å². The molecule has 0 spiro atoms. The maximum absolute atomic E-state index is 13.5. The van der Waals surface area contributed by atoms with E-state index in [1.165, 1.54) is 4.90 Å². The third kappa shape index (κ3) is 2.73. The van der Waals surface area contributed by atoms with E-state index in [1.807, 2.05) is 6.92 Å². The third-order valence-electron chi connectivity index (χ3n) is 3.48. The monoisotopic (exact) mass is 272 g/mol. The van der Waals surface area contributed by atoms with Gasteiger partial charge in [0.1, 0.15) is 23.0 Å². The molecule has 104 valence electrons. The lowest BCUT2D eigenvalue weighted by atomic mass is 10.0. The molecule has 1 fully saturated rings. The first-order valence-electron chi connectivity index (χ1n) is 6.09. The Morgan fingerprint density at radius 1 is 1.37 bits per heavy atom. The number of amides is 1. The van der Waals surface area contributed by atoms with Crippen molar-refractivity contribution < 1.29 is 18.0 Å². The smallest absolute Gasteiger partial charge is 0.259 e. The molecular weight excluding hydrogens is 257 g/mol. The second-order valence-corrected chi connectivity index (χ2v) is 4.90. The average Bonchev–Trinajstić information content (AvgIpc) is 2.76. The minimum Gasteiger partial charge on any atom is -0.338 e. The molecule has 0 bridgehead atoms. The van der Waals surface area contributed by atoms with Gasteiger partial charge in [-0.25, -0.2) is 13.2 Å². The number of rotatable bonds is 2. The molecule has 2 rings (SSSR count). The molecule has 19 heavy (non-hydrogen) atoms. The number of carbonyl (C=O) groups is 1. The highest BCUT2D eigenvalue weighted by Crippen LogP contribution is 2.23. The maximum atomic E-state index is 13.5. The Balaban J connectivity index is 2.22. The highest BCUT2D eigenvalue weighted by Gasteiger charge is 2.31. The van der Waals surface area contributed by atoms with Gasteiger partial charge in [0.25, 0.3) is 5.91 Å². The average molecular weight is 272 g/mol. The van der Waals surface area contributed by atoms with Crippen LogP contribution in [0.3, 0.4) is 0 Å². The van der Waals surface area contributed by atoms with Gasteiger partial charge in [-0.05, 0) is 19.3 Å². The van der Waals surface area contributed by atoms with Gasteiger partial charge in [-0.15, -0.1) is 0 Å². The van der Waals surface area contributed by atoms with Gasteiger partial charge in [-0.3, -0.25) is 4.79 Å². The number of nitrogens with zero attached hydrogens (tertiary/aromatic N) is 1. The number of likely N-dealkylation sites (tertiary alicyclic amines) is 1. The molecule has 2 atom stereocenters. The van der Waals surface area contributed by atoms with Crippen molar-refractivity contribution >= 4 is 5.91 Å². The largest absolute Gasteiger partial charge is 0.338 e. The van der Waals surface area contributed by atoms with E-state index in [0.29, 0.717) is 31.6 Å². The van der Waals surface area contributed by atoms with Crippen molar-refractivity contribution in [1.82, 2.24) is 4.90 Å². The van der Waals surface area contributed by atoms with Crippen molar-refractivity contribution in [2.75, 3.05) is 13.1 Å². The molecule has 1 aliphatic heterocycles. The fourth-order valence-corrected chi connectivity index (χ4v) is 2.31. The van der Waals surface area contributed by atoms with Crippen molar-refractivity contribution in [2.24, 2.45) is 11.7 Å². The lowest BCUT2D eigenvalue weighted by Crippen LogP contribution is -2.33. The predicted octanol–water partition coefficient (Wildman–Crippen LogP) is 1.91. The summed E-state index contributed by atoms with van der Waals surface area (Å²) in [6.45, 7) is 2.60. The van der Waals surface area contributed by atoms with Crippen LogP contribution in [0.1, 0.15) is 23.7 Å². The molecule has 1 heterocycles. The first kappa shape index (κ1) is 13.9. The van der Waals surface area contributed by atoms with E-state index >= 15 is 0 Å². The topological polar surface area (TPSA) is 46.3 Å². The molecule has 1 saturated heterocycles. The molecule has 1 aliphatic rings. The molecule has 3 nitrogen and oxygen atoms in total. The number of nitrogens with two attached hydrogens (primary N) is 1. The van der Waals surface area contributed by atoms with Crippen molar-refractivity contribution in [3.05, 3.63) is 35.1 Å². The fraction of sp³-hybridized carbons (Fsp3) is 0.462. The van der Waals surface area contributed by atoms with Gasteiger partial charge < -0.3 is 10.6 Å². The zero-order chi connectivity index (χ0) is 14.2. The lowest BCUT2D eigenvalue weighted by Gasteiger charge is -2.18. The molecule has 2 N–H and O–H groups in total. The van der Waals surface area contributed by atoms with Crippen LogP contribution < -0.4 is 5.73 Å². The van der Waals surface area contributed by atoms with Gasteiger partial charge >= 0.3 is 0 Å². The molecular formula is C13H15F3N2O. The van der Waals surface area contributed by atoms with Crippen LogP contribution in [0.2, 0.25) is 0 Å². The zero-order valence-electron chi connectivity index (χ0n) is 10.5. The van der Waals surface area contributed by atoms with E-state index in [2.05, 4.69) is 0 Å². The Labute approximate surface area is 109 Å². The molecule has 1 amide bonds. The number of carbonyl (C=O) groups excluding carboxylic acids is 1. The lowest BCUT2D eigenvalue weighted by molar-refractivity contribution is 0.0776. The summed E-state index contributed by atoms with van der Waals surface area (Å²) in [6, 6.07) is 0.936. The number of benzene rings is 1. The fourth-order valence-electron chi connectivity index (χ4n) is 2.31. The molecule has 1 aromatic rings. The molecule has 1 aromatic carbocycles. The van der Waals surface area contributed by atoms with Crippen LogP contribution >= 0.6 is 0 Å². The zero-order valence-corrected chi connectivity index (χ0v) is 10.5. The summed E-state index contributed by atoms with van der Waals surface area (Å²) < 4.78 is 39.8. The second-order valence-electron chi connectivity index (χ2n) is 4.90. The molecule has 0 aromatic heterocycles. The summed E-state index contributed by atoms with van der Waals surface area (Å²) in [6.07, 6.45) is 0.702. The Bertz CT molecular complexity index is 482. The van der Waals surface area contributed by atoms with Crippen molar-refractivity contribution in [1.29, 1.82) is 0 Å². The molecule has 0 saturated carbocycles. The van der Waals surface area contributed by atoms with E-state index < -0.39 is 28.9 Å². The quantitative estimate of drug-likeness (QED) is 0.894. The van der Waals surface area contributed by atoms with E-state index in [0.717, 1.165) is 0 Å². The Morgan fingerprint density at radius 3 is 2.42 bits per heavy atom. The molecule has 6 heteroatoms. The SMILES string of the molecule is CC(N)C1CCN(C(=O)c2c(F)cc(F)cc2F)C1. The van der Waals surface area contributed by atoms with Gasteiger partial charge in [0.05, 0.1) is 0 Å². The summed E-state index contributed by atoms with van der Waals surface area (Å²) in [5.41, 5.74) is 5.04. The van der Waals surface area contributed by atoms with Gasteiger partial charge in [-0.1, -0.05) is 0 Å². The van der Waals surface area contributed by atoms with Gasteiger partial charge in [0.2, 0.25) is 0 Å². The van der Waals surface area contributed by atoms with Crippen LogP contribution in [-0.2, 0) is 0 Å². The summed E-state index contributed by atoms with van der Waals surface area (Å²) in [4.78, 5) is 13.4. The van der Waals surface area contributed by atoms with E-state index in [1.54, 1.807) is 0 Å². The van der Waals surface area contributed by atoms with Gasteiger partial charge in [-0.2, -0.15) is 0 Å². The highest BCUT2D eigenvalue weighted by molar-refractivity contribution is 5.95. The number of hydrogen-bond acceptors (Lipinski definition) is 2. The standard InChI is InChI=1S/C13H15F3N2O/c1-7(17)8-2-3-18(6-8)13(19)12-10(15)4-9(14)5-11(12)16/h4-5,7-8H,2-3,6,17H2,1H3. The summed E-state index contributed by atoms with van der Waals surface area (Å²) in [5.74, 6) is -4.02. The summed E-state index contributed by atoms with van der Waals surface area (Å²) >= 11 is 0. The van der Waals surface area contributed by atoms with E-state index in [-0.39, 0.29) is 12.0 Å². The van der Waals surface area contributed by atoms with Crippen molar-refractivity contribution in [2.45, 2.75) is 19.4 Å². The molecule has 0 radical (unpaired) electrons. The summed E-state index contributed by atoms with van der Waals surface area (Å²) in [7, 11) is 0. The van der Waals surface area contributed by atoms with E-state index in [4.69, 9.17) is 5.73 Å². The number of hydrogen-bond donors (Lipinski definition) is 1. The minimum atomic E-state index is -1.17. The third-order valence-corrected chi connectivity index (χ3v) is 3.48. The van der Waals surface area contributed by atoms with Gasteiger partial charge in [0, 0.05) is 31.3 Å². The van der Waals surface area contributed by atoms with Crippen LogP contribution in [0.5, 0.6) is 0 Å². The van der Waals surface area contributed by atoms with Gasteiger partial charge in [0.15, 0.2) is 0 Å². The maximum Gasteiger partial charge on any atom is 0.259 e. The Kier molecular flexibility index (Phi) is 3.80. The number of halogens is 3. The van der Waals surface area contributed by atoms with Crippen LogP contribution in [0.4, 0.5) is 13.2 Å². The Hall–Kier alpha value is -1.56. The first-order valence-corrected chi connectivity index (χ1v) is 6.09. The van der Waals surface area contributed by atoms with Crippen LogP contribution in [0.25, 0.3) is 0 Å². The van der Waals surface area contributed by atoms with Crippen LogP contribution in [-0.4, -0.2) is 29.9 Å². The Morgan fingerprint density at radius 2 is 1.95 bits per heavy atom. The normalized spacial score (nSPS) is 20.7. The highest BCUT2D eigenvalue weighted by atomic mass is 19.1.